The van der Waals surface area contributed by atoms with Crippen molar-refractivity contribution in [1.82, 2.24) is 15.1 Å². The largest absolute Gasteiger partial charge is 0.316 e. The second-order valence-corrected chi connectivity index (χ2v) is 6.57. The summed E-state index contributed by atoms with van der Waals surface area (Å²) in [6.45, 7) is 12.3. The molecule has 2 aliphatic heterocycles. The molecule has 0 aromatic heterocycles. The van der Waals surface area contributed by atoms with Gasteiger partial charge in [0.2, 0.25) is 0 Å². The van der Waals surface area contributed by atoms with Gasteiger partial charge in [-0.05, 0) is 64.7 Å². The van der Waals surface area contributed by atoms with Crippen molar-refractivity contribution >= 4 is 0 Å². The first kappa shape index (κ1) is 14.3. The van der Waals surface area contributed by atoms with E-state index < -0.39 is 0 Å². The van der Waals surface area contributed by atoms with Crippen molar-refractivity contribution in [2.24, 2.45) is 5.41 Å². The highest BCUT2D eigenvalue weighted by Gasteiger charge is 2.34. The number of likely N-dealkylation sites (N-methyl/N-ethyl adjacent to an activating group) is 1. The van der Waals surface area contributed by atoms with Gasteiger partial charge >= 0.3 is 0 Å². The molecular weight excluding hydrogens is 222 g/mol. The van der Waals surface area contributed by atoms with Gasteiger partial charge in [-0.1, -0.05) is 6.92 Å². The van der Waals surface area contributed by atoms with E-state index in [-0.39, 0.29) is 0 Å². The zero-order chi connectivity index (χ0) is 13.0. The zero-order valence-corrected chi connectivity index (χ0v) is 12.5. The molecule has 2 rings (SSSR count). The second kappa shape index (κ2) is 6.36. The van der Waals surface area contributed by atoms with Crippen molar-refractivity contribution in [2.45, 2.75) is 45.6 Å². The van der Waals surface area contributed by atoms with Gasteiger partial charge in [0.15, 0.2) is 0 Å². The summed E-state index contributed by atoms with van der Waals surface area (Å²) in [6.07, 6.45) is 5.42. The highest BCUT2D eigenvalue weighted by molar-refractivity contribution is 4.89. The van der Waals surface area contributed by atoms with Gasteiger partial charge in [-0.3, -0.25) is 4.90 Å². The lowest BCUT2D eigenvalue weighted by Crippen LogP contribution is -2.50. The Kier molecular flexibility index (Phi) is 5.05. The minimum absolute atomic E-state index is 0.537. The van der Waals surface area contributed by atoms with E-state index in [2.05, 4.69) is 36.0 Å². The van der Waals surface area contributed by atoms with Gasteiger partial charge in [0, 0.05) is 25.7 Å². The summed E-state index contributed by atoms with van der Waals surface area (Å²) in [5.41, 5.74) is 0.537. The van der Waals surface area contributed by atoms with Gasteiger partial charge in [-0.2, -0.15) is 0 Å². The van der Waals surface area contributed by atoms with Crippen molar-refractivity contribution in [1.29, 1.82) is 0 Å². The number of hydrogen-bond donors (Lipinski definition) is 1. The molecule has 0 aliphatic carbocycles. The predicted octanol–water partition coefficient (Wildman–Crippen LogP) is 1.79. The van der Waals surface area contributed by atoms with Gasteiger partial charge in [0.1, 0.15) is 0 Å². The van der Waals surface area contributed by atoms with Crippen LogP contribution in [-0.4, -0.2) is 62.2 Å². The van der Waals surface area contributed by atoms with Crippen LogP contribution in [0.25, 0.3) is 0 Å². The summed E-state index contributed by atoms with van der Waals surface area (Å²) < 4.78 is 0. The number of rotatable bonds is 3. The molecule has 0 saturated carbocycles. The molecule has 2 heterocycles. The third-order valence-corrected chi connectivity index (χ3v) is 5.03. The Balaban J connectivity index is 1.97. The lowest BCUT2D eigenvalue weighted by molar-refractivity contribution is 0.0875. The fourth-order valence-electron chi connectivity index (χ4n) is 3.67. The van der Waals surface area contributed by atoms with E-state index in [0.717, 1.165) is 0 Å². The maximum absolute atomic E-state index is 3.62. The fraction of sp³-hybridized carbons (Fsp3) is 1.00. The van der Waals surface area contributed by atoms with Crippen LogP contribution < -0.4 is 5.32 Å². The molecule has 1 N–H and O–H groups in total. The number of piperidine rings is 1. The van der Waals surface area contributed by atoms with Crippen LogP contribution in [-0.2, 0) is 0 Å². The summed E-state index contributed by atoms with van der Waals surface area (Å²) >= 11 is 0. The minimum Gasteiger partial charge on any atom is -0.316 e. The minimum atomic E-state index is 0.537. The molecule has 106 valence electrons. The number of nitrogens with zero attached hydrogens (tertiary/aromatic N) is 2. The van der Waals surface area contributed by atoms with Crippen LogP contribution in [0.1, 0.15) is 39.5 Å². The molecule has 0 aromatic rings. The molecule has 0 spiro atoms. The Hall–Kier alpha value is -0.120. The molecule has 3 heteroatoms. The zero-order valence-electron chi connectivity index (χ0n) is 12.5. The normalized spacial score (nSPS) is 36.5. The molecule has 2 saturated heterocycles. The van der Waals surface area contributed by atoms with E-state index in [1.54, 1.807) is 0 Å². The lowest BCUT2D eigenvalue weighted by atomic mass is 9.77. The summed E-state index contributed by atoms with van der Waals surface area (Å²) in [5.74, 6) is 0. The molecule has 0 bridgehead atoms. The quantitative estimate of drug-likeness (QED) is 0.827. The Bertz CT molecular complexity index is 248. The summed E-state index contributed by atoms with van der Waals surface area (Å²) in [6, 6.07) is 0.711. The molecule has 2 unspecified atom stereocenters. The van der Waals surface area contributed by atoms with Crippen LogP contribution in [0.4, 0.5) is 0 Å². The molecule has 2 atom stereocenters. The summed E-state index contributed by atoms with van der Waals surface area (Å²) in [4.78, 5) is 5.24. The summed E-state index contributed by atoms with van der Waals surface area (Å²) in [5, 5.41) is 3.62. The number of hydrogen-bond acceptors (Lipinski definition) is 3. The number of nitrogens with one attached hydrogen (secondary N) is 1. The van der Waals surface area contributed by atoms with Gasteiger partial charge in [-0.25, -0.2) is 0 Å². The SMILES string of the molecule is CCC1(CN2CCCN(C)CC2C)CCCNC1. The van der Waals surface area contributed by atoms with Gasteiger partial charge < -0.3 is 10.2 Å². The first-order chi connectivity index (χ1) is 8.65. The topological polar surface area (TPSA) is 18.5 Å². The lowest BCUT2D eigenvalue weighted by Gasteiger charge is -2.42. The van der Waals surface area contributed by atoms with Gasteiger partial charge in [0.25, 0.3) is 0 Å². The van der Waals surface area contributed by atoms with Crippen molar-refractivity contribution in [3.8, 4) is 0 Å². The molecule has 0 radical (unpaired) electrons. The molecule has 0 aromatic carbocycles. The van der Waals surface area contributed by atoms with E-state index in [0.29, 0.717) is 11.5 Å². The molecule has 18 heavy (non-hydrogen) atoms. The van der Waals surface area contributed by atoms with E-state index in [1.165, 1.54) is 65.0 Å². The molecule has 3 nitrogen and oxygen atoms in total. The standard InChI is InChI=1S/C15H31N3/c1-4-15(7-5-8-16-12-15)13-18-10-6-9-17(3)11-14(18)2/h14,16H,4-13H2,1-3H3. The summed E-state index contributed by atoms with van der Waals surface area (Å²) in [7, 11) is 2.26. The van der Waals surface area contributed by atoms with E-state index >= 15 is 0 Å². The molecule has 2 aliphatic rings. The third-order valence-electron chi connectivity index (χ3n) is 5.03. The van der Waals surface area contributed by atoms with Crippen LogP contribution in [0.15, 0.2) is 0 Å². The van der Waals surface area contributed by atoms with Crippen molar-refractivity contribution in [3.05, 3.63) is 0 Å². The Labute approximate surface area is 113 Å². The Morgan fingerprint density at radius 3 is 2.78 bits per heavy atom. The van der Waals surface area contributed by atoms with Crippen molar-refractivity contribution in [2.75, 3.05) is 46.3 Å². The molecular formula is C15H31N3. The average molecular weight is 253 g/mol. The van der Waals surface area contributed by atoms with E-state index in [1.807, 2.05) is 0 Å². The smallest absolute Gasteiger partial charge is 0.0195 e. The van der Waals surface area contributed by atoms with Gasteiger partial charge in [-0.15, -0.1) is 0 Å². The maximum Gasteiger partial charge on any atom is 0.0195 e. The average Bonchev–Trinajstić information content (AvgIpc) is 2.52. The van der Waals surface area contributed by atoms with Crippen LogP contribution in [0.2, 0.25) is 0 Å². The van der Waals surface area contributed by atoms with Crippen molar-refractivity contribution < 1.29 is 0 Å². The molecule has 0 amide bonds. The van der Waals surface area contributed by atoms with E-state index in [4.69, 9.17) is 0 Å². The highest BCUT2D eigenvalue weighted by atomic mass is 15.2. The van der Waals surface area contributed by atoms with Crippen LogP contribution in [0.3, 0.4) is 0 Å². The first-order valence-electron chi connectivity index (χ1n) is 7.78. The monoisotopic (exact) mass is 253 g/mol. The Morgan fingerprint density at radius 2 is 2.11 bits per heavy atom. The van der Waals surface area contributed by atoms with Crippen LogP contribution >= 0.6 is 0 Å². The van der Waals surface area contributed by atoms with Crippen LogP contribution in [0.5, 0.6) is 0 Å². The highest BCUT2D eigenvalue weighted by Crippen LogP contribution is 2.32. The van der Waals surface area contributed by atoms with E-state index in [9.17, 15) is 0 Å². The third kappa shape index (κ3) is 3.46. The fourth-order valence-corrected chi connectivity index (χ4v) is 3.67. The van der Waals surface area contributed by atoms with Crippen molar-refractivity contribution in [3.63, 3.8) is 0 Å². The van der Waals surface area contributed by atoms with Crippen LogP contribution in [0, 0.1) is 5.41 Å². The molecule has 2 fully saturated rings. The second-order valence-electron chi connectivity index (χ2n) is 6.57. The first-order valence-corrected chi connectivity index (χ1v) is 7.78. The predicted molar refractivity (Wildman–Crippen MR) is 78.0 cm³/mol. The van der Waals surface area contributed by atoms with Gasteiger partial charge in [0.05, 0.1) is 0 Å². The Morgan fingerprint density at radius 1 is 1.28 bits per heavy atom. The maximum atomic E-state index is 3.62.